The number of nitrogens with two attached hydrogens (primary N) is 1. The van der Waals surface area contributed by atoms with E-state index in [1.807, 2.05) is 36.4 Å². The van der Waals surface area contributed by atoms with E-state index in [9.17, 15) is 4.79 Å². The topological polar surface area (TPSA) is 82.8 Å². The van der Waals surface area contributed by atoms with E-state index in [0.29, 0.717) is 18.0 Å². The molecule has 0 aromatic heterocycles. The lowest BCUT2D eigenvalue weighted by atomic mass is 10.2. The van der Waals surface area contributed by atoms with Gasteiger partial charge in [-0.25, -0.2) is 0 Å². The second-order valence-electron chi connectivity index (χ2n) is 5.19. The third kappa shape index (κ3) is 6.52. The monoisotopic (exact) mass is 365 g/mol. The Balaban J connectivity index is 0.00000312. The summed E-state index contributed by atoms with van der Waals surface area (Å²) in [4.78, 5) is 10.8. The van der Waals surface area contributed by atoms with Gasteiger partial charge in [0.2, 0.25) is 0 Å². The molecule has 0 spiro atoms. The fraction of sp³-hybridized carbons (Fsp3) is 0.278. The molecule has 2 aromatic rings. The number of hydrogen-bond acceptors (Lipinski definition) is 5. The van der Waals surface area contributed by atoms with Crippen molar-refractivity contribution in [3.63, 3.8) is 0 Å². The molecule has 0 aliphatic carbocycles. The third-order valence-electron chi connectivity index (χ3n) is 3.42. The number of carbonyl (C=O) groups excluding carboxylic acids is 1. The van der Waals surface area contributed by atoms with Gasteiger partial charge in [-0.15, -0.1) is 0 Å². The molecule has 25 heavy (non-hydrogen) atoms. The number of rotatable bonds is 9. The van der Waals surface area contributed by atoms with E-state index in [1.54, 1.807) is 20.3 Å². The Bertz CT molecular complexity index is 677. The summed E-state index contributed by atoms with van der Waals surface area (Å²) in [5, 5.41) is 3.37. The average molecular weight is 366 g/mol. The maximum absolute atomic E-state index is 10.8. The highest BCUT2D eigenvalue weighted by molar-refractivity contribution is 5.75. The van der Waals surface area contributed by atoms with Crippen molar-refractivity contribution in [2.75, 3.05) is 20.8 Å². The van der Waals surface area contributed by atoms with Crippen LogP contribution in [0, 0.1) is 0 Å². The van der Waals surface area contributed by atoms with E-state index in [1.165, 1.54) is 5.56 Å². The Kier molecular flexibility index (Phi) is 8.60. The predicted octanol–water partition coefficient (Wildman–Crippen LogP) is -1.14. The summed E-state index contributed by atoms with van der Waals surface area (Å²) in [7, 11) is 3.21. The molecule has 0 heterocycles. The van der Waals surface area contributed by atoms with Crippen LogP contribution < -0.4 is 37.7 Å². The molecule has 136 valence electrons. The molecule has 1 amide bonds. The first-order valence-electron chi connectivity index (χ1n) is 7.54. The molecule has 0 aliphatic rings. The number of nitrogens with one attached hydrogen (secondary N) is 1. The number of methoxy groups -OCH3 is 2. The predicted molar refractivity (Wildman–Crippen MR) is 91.2 cm³/mol. The van der Waals surface area contributed by atoms with E-state index in [4.69, 9.17) is 19.9 Å². The van der Waals surface area contributed by atoms with Gasteiger partial charge in [0.05, 0.1) is 14.2 Å². The van der Waals surface area contributed by atoms with Gasteiger partial charge in [-0.2, -0.15) is 0 Å². The Hall–Kier alpha value is -2.44. The zero-order chi connectivity index (χ0) is 17.4. The van der Waals surface area contributed by atoms with Gasteiger partial charge >= 0.3 is 0 Å². The highest BCUT2D eigenvalue weighted by Gasteiger charge is 2.07. The standard InChI is InChI=1S/C18H22N2O4.ClH/c1-22-15-6-3-13(4-7-15)10-20-11-14-5-8-16(17(9-14)23-2)24-12-18(19)21;/h3-9,20H,10-12H2,1-2H3,(H2,19,21);1H/p-1. The van der Waals surface area contributed by atoms with Crippen molar-refractivity contribution in [1.29, 1.82) is 0 Å². The second-order valence-corrected chi connectivity index (χ2v) is 5.19. The minimum atomic E-state index is -0.526. The summed E-state index contributed by atoms with van der Waals surface area (Å²) in [5.74, 6) is 1.38. The van der Waals surface area contributed by atoms with Crippen molar-refractivity contribution in [2.45, 2.75) is 13.1 Å². The summed E-state index contributed by atoms with van der Waals surface area (Å²) in [6.45, 7) is 1.25. The molecular formula is C18H22ClN2O4-. The number of halogens is 1. The van der Waals surface area contributed by atoms with Crippen molar-refractivity contribution in [3.8, 4) is 17.2 Å². The van der Waals surface area contributed by atoms with Crippen LogP contribution in [-0.2, 0) is 17.9 Å². The Morgan fingerprint density at radius 3 is 2.20 bits per heavy atom. The van der Waals surface area contributed by atoms with Crippen LogP contribution in [0.3, 0.4) is 0 Å². The molecule has 3 N–H and O–H groups in total. The molecule has 0 fully saturated rings. The molecule has 0 saturated carbocycles. The normalized spacial score (nSPS) is 9.84. The van der Waals surface area contributed by atoms with Gasteiger partial charge in [-0.3, -0.25) is 4.79 Å². The van der Waals surface area contributed by atoms with Crippen molar-refractivity contribution in [3.05, 3.63) is 53.6 Å². The molecule has 2 aromatic carbocycles. The van der Waals surface area contributed by atoms with Gasteiger partial charge in [-0.1, -0.05) is 18.2 Å². The van der Waals surface area contributed by atoms with Crippen LogP contribution in [0.4, 0.5) is 0 Å². The number of benzene rings is 2. The molecule has 0 radical (unpaired) electrons. The van der Waals surface area contributed by atoms with Crippen molar-refractivity contribution >= 4 is 5.91 Å². The molecule has 7 heteroatoms. The average Bonchev–Trinajstić information content (AvgIpc) is 2.61. The molecule has 0 unspecified atom stereocenters. The van der Waals surface area contributed by atoms with Crippen molar-refractivity contribution in [2.24, 2.45) is 5.73 Å². The summed E-state index contributed by atoms with van der Waals surface area (Å²) in [6, 6.07) is 13.5. The van der Waals surface area contributed by atoms with E-state index < -0.39 is 5.91 Å². The molecule has 0 atom stereocenters. The van der Waals surface area contributed by atoms with Gasteiger partial charge in [0.25, 0.3) is 5.91 Å². The number of primary amides is 1. The van der Waals surface area contributed by atoms with Crippen LogP contribution in [-0.4, -0.2) is 26.7 Å². The number of carbonyl (C=O) groups is 1. The van der Waals surface area contributed by atoms with Gasteiger partial charge < -0.3 is 37.7 Å². The lowest BCUT2D eigenvalue weighted by Gasteiger charge is -2.12. The SMILES string of the molecule is COc1ccc(CNCc2ccc(OCC(N)=O)c(OC)c2)cc1.[Cl-]. The Morgan fingerprint density at radius 2 is 1.60 bits per heavy atom. The minimum absolute atomic E-state index is 0. The van der Waals surface area contributed by atoms with Gasteiger partial charge in [-0.05, 0) is 35.4 Å². The molecule has 2 rings (SSSR count). The van der Waals surface area contributed by atoms with Gasteiger partial charge in [0.15, 0.2) is 18.1 Å². The number of hydrogen-bond donors (Lipinski definition) is 2. The zero-order valence-corrected chi connectivity index (χ0v) is 15.0. The van der Waals surface area contributed by atoms with Crippen LogP contribution in [0.2, 0.25) is 0 Å². The first-order chi connectivity index (χ1) is 11.6. The van der Waals surface area contributed by atoms with E-state index in [-0.39, 0.29) is 19.0 Å². The smallest absolute Gasteiger partial charge is 0.255 e. The van der Waals surface area contributed by atoms with E-state index >= 15 is 0 Å². The van der Waals surface area contributed by atoms with Crippen molar-refractivity contribution in [1.82, 2.24) is 5.32 Å². The Labute approximate surface area is 153 Å². The van der Waals surface area contributed by atoms with Crippen LogP contribution >= 0.6 is 0 Å². The van der Waals surface area contributed by atoms with E-state index in [2.05, 4.69) is 5.32 Å². The summed E-state index contributed by atoms with van der Waals surface area (Å²) in [5.41, 5.74) is 7.30. The lowest BCUT2D eigenvalue weighted by molar-refractivity contribution is -0.119. The van der Waals surface area contributed by atoms with Crippen LogP contribution in [0.1, 0.15) is 11.1 Å². The largest absolute Gasteiger partial charge is 1.00 e. The highest BCUT2D eigenvalue weighted by Crippen LogP contribution is 2.28. The lowest BCUT2D eigenvalue weighted by Crippen LogP contribution is -3.00. The molecule has 0 bridgehead atoms. The van der Waals surface area contributed by atoms with Gasteiger partial charge in [0, 0.05) is 13.1 Å². The fourth-order valence-electron chi connectivity index (χ4n) is 2.18. The van der Waals surface area contributed by atoms with Crippen LogP contribution in [0.25, 0.3) is 0 Å². The minimum Gasteiger partial charge on any atom is -1.00 e. The van der Waals surface area contributed by atoms with E-state index in [0.717, 1.165) is 17.9 Å². The molecule has 0 saturated heterocycles. The zero-order valence-electron chi connectivity index (χ0n) is 14.3. The second kappa shape index (κ2) is 10.4. The molecular weight excluding hydrogens is 344 g/mol. The highest BCUT2D eigenvalue weighted by atomic mass is 35.5. The number of amides is 1. The van der Waals surface area contributed by atoms with Crippen LogP contribution in [0.15, 0.2) is 42.5 Å². The first kappa shape index (κ1) is 20.6. The quantitative estimate of drug-likeness (QED) is 0.587. The summed E-state index contributed by atoms with van der Waals surface area (Å²) >= 11 is 0. The summed E-state index contributed by atoms with van der Waals surface area (Å²) in [6.07, 6.45) is 0. The summed E-state index contributed by atoms with van der Waals surface area (Å²) < 4.78 is 15.7. The third-order valence-corrected chi connectivity index (χ3v) is 3.42. The Morgan fingerprint density at radius 1 is 0.960 bits per heavy atom. The first-order valence-corrected chi connectivity index (χ1v) is 7.54. The van der Waals surface area contributed by atoms with Crippen LogP contribution in [0.5, 0.6) is 17.2 Å². The maximum atomic E-state index is 10.8. The van der Waals surface area contributed by atoms with Gasteiger partial charge in [0.1, 0.15) is 5.75 Å². The fourth-order valence-corrected chi connectivity index (χ4v) is 2.18. The van der Waals surface area contributed by atoms with Crippen molar-refractivity contribution < 1.29 is 31.4 Å². The molecule has 0 aliphatic heterocycles. The number of ether oxygens (including phenoxy) is 3. The molecule has 6 nitrogen and oxygen atoms in total. The maximum Gasteiger partial charge on any atom is 0.255 e.